The number of nitrogens with zero attached hydrogens (tertiary/aromatic N) is 5. The van der Waals surface area contributed by atoms with Gasteiger partial charge in [0, 0.05) is 32.7 Å². The summed E-state index contributed by atoms with van der Waals surface area (Å²) in [4.78, 5) is 28.0. The van der Waals surface area contributed by atoms with Gasteiger partial charge >= 0.3 is 0 Å². The van der Waals surface area contributed by atoms with Crippen LogP contribution in [-0.4, -0.2) is 90.8 Å². The maximum absolute atomic E-state index is 12.4. The van der Waals surface area contributed by atoms with Crippen LogP contribution in [0.3, 0.4) is 0 Å². The summed E-state index contributed by atoms with van der Waals surface area (Å²) < 4.78 is 7.30. The average Bonchev–Trinajstić information content (AvgIpc) is 3.33. The van der Waals surface area contributed by atoms with Gasteiger partial charge in [0.05, 0.1) is 12.9 Å². The molecule has 2 aliphatic heterocycles. The second-order valence-corrected chi connectivity index (χ2v) is 8.16. The van der Waals surface area contributed by atoms with Gasteiger partial charge < -0.3 is 29.9 Å². The molecule has 170 valence electrons. The summed E-state index contributed by atoms with van der Waals surface area (Å²) in [5.74, 6) is 0.443. The van der Waals surface area contributed by atoms with Gasteiger partial charge in [0.15, 0.2) is 17.4 Å². The Labute approximate surface area is 183 Å². The summed E-state index contributed by atoms with van der Waals surface area (Å²) in [6.07, 6.45) is -3.27. The van der Waals surface area contributed by atoms with E-state index in [1.807, 2.05) is 23.1 Å². The molecule has 0 saturated carbocycles. The first-order valence-corrected chi connectivity index (χ1v) is 10.7. The maximum Gasteiger partial charge on any atom is 0.278 e. The predicted octanol–water partition coefficient (Wildman–Crippen LogP) is -0.947. The van der Waals surface area contributed by atoms with E-state index >= 15 is 0 Å². The van der Waals surface area contributed by atoms with E-state index in [1.165, 1.54) is 11.9 Å². The van der Waals surface area contributed by atoms with Crippen LogP contribution in [0.15, 0.2) is 41.5 Å². The molecule has 4 heterocycles. The number of benzene rings is 1. The van der Waals surface area contributed by atoms with Crippen molar-refractivity contribution < 1.29 is 20.1 Å². The number of piperazine rings is 1. The van der Waals surface area contributed by atoms with Gasteiger partial charge in [0.2, 0.25) is 5.95 Å². The van der Waals surface area contributed by atoms with Crippen LogP contribution in [0.1, 0.15) is 11.8 Å². The topological polar surface area (TPSA) is 140 Å². The number of aromatic amines is 1. The molecule has 2 fully saturated rings. The van der Waals surface area contributed by atoms with Crippen molar-refractivity contribution in [2.75, 3.05) is 37.7 Å². The summed E-state index contributed by atoms with van der Waals surface area (Å²) in [6.45, 7) is 3.30. The summed E-state index contributed by atoms with van der Waals surface area (Å²) in [7, 11) is 0. The zero-order valence-electron chi connectivity index (χ0n) is 17.4. The lowest BCUT2D eigenvalue weighted by Crippen LogP contribution is -2.47. The molecule has 32 heavy (non-hydrogen) atoms. The van der Waals surface area contributed by atoms with Crippen LogP contribution in [0.4, 0.5) is 5.95 Å². The molecule has 2 saturated heterocycles. The third-order valence-corrected chi connectivity index (χ3v) is 6.14. The molecule has 0 radical (unpaired) electrons. The molecule has 1 aromatic carbocycles. The molecule has 0 aliphatic carbocycles. The van der Waals surface area contributed by atoms with Crippen LogP contribution >= 0.6 is 0 Å². The van der Waals surface area contributed by atoms with Crippen molar-refractivity contribution in [3.8, 4) is 0 Å². The molecular weight excluding hydrogens is 416 g/mol. The number of aliphatic hydroxyl groups excluding tert-OH is 3. The van der Waals surface area contributed by atoms with Crippen LogP contribution in [-0.2, 0) is 11.3 Å². The number of aliphatic hydroxyl groups is 3. The molecule has 3 aromatic rings. The van der Waals surface area contributed by atoms with Crippen LogP contribution in [0.5, 0.6) is 0 Å². The SMILES string of the molecule is O=c1[nH]cnc2c1nc(N1CCN(Cc3ccccc3)CC1)n2C1OC(CO)C(O)C1O. The molecule has 4 atom stereocenters. The van der Waals surface area contributed by atoms with Gasteiger partial charge in [-0.15, -0.1) is 0 Å². The Bertz CT molecular complexity index is 1130. The molecule has 2 aliphatic rings. The van der Waals surface area contributed by atoms with E-state index in [1.54, 1.807) is 4.57 Å². The highest BCUT2D eigenvalue weighted by Crippen LogP contribution is 2.35. The monoisotopic (exact) mass is 442 g/mol. The number of rotatable bonds is 5. The second kappa shape index (κ2) is 8.60. The van der Waals surface area contributed by atoms with Crippen molar-refractivity contribution in [3.63, 3.8) is 0 Å². The Morgan fingerprint density at radius 1 is 1.09 bits per heavy atom. The summed E-state index contributed by atoms with van der Waals surface area (Å²) in [6, 6.07) is 10.3. The first-order valence-electron chi connectivity index (χ1n) is 10.7. The lowest BCUT2D eigenvalue weighted by atomic mass is 10.1. The third-order valence-electron chi connectivity index (χ3n) is 6.14. The number of imidazole rings is 1. The second-order valence-electron chi connectivity index (χ2n) is 8.16. The normalized spacial score (nSPS) is 26.8. The fraction of sp³-hybridized carbons (Fsp3) is 0.476. The lowest BCUT2D eigenvalue weighted by Gasteiger charge is -2.36. The Morgan fingerprint density at radius 3 is 2.53 bits per heavy atom. The number of aromatic nitrogens is 4. The Balaban J connectivity index is 1.44. The molecular formula is C21H26N6O5. The van der Waals surface area contributed by atoms with Gasteiger partial charge in [-0.05, 0) is 5.56 Å². The number of nitrogens with one attached hydrogen (secondary N) is 1. The maximum atomic E-state index is 12.4. The average molecular weight is 442 g/mol. The zero-order valence-corrected chi connectivity index (χ0v) is 17.4. The molecule has 11 heteroatoms. The minimum Gasteiger partial charge on any atom is -0.394 e. The van der Waals surface area contributed by atoms with E-state index in [9.17, 15) is 20.1 Å². The summed E-state index contributed by atoms with van der Waals surface area (Å²) in [5.41, 5.74) is 1.23. The number of fused-ring (bicyclic) bond motifs is 1. The first kappa shape index (κ1) is 21.0. The van der Waals surface area contributed by atoms with E-state index in [-0.39, 0.29) is 11.2 Å². The van der Waals surface area contributed by atoms with Crippen LogP contribution < -0.4 is 10.5 Å². The van der Waals surface area contributed by atoms with Gasteiger partial charge in [-0.3, -0.25) is 14.3 Å². The molecule has 4 unspecified atom stereocenters. The predicted molar refractivity (Wildman–Crippen MR) is 115 cm³/mol. The number of H-pyrrole nitrogens is 1. The number of anilines is 1. The number of hydrogen-bond donors (Lipinski definition) is 4. The van der Waals surface area contributed by atoms with Gasteiger partial charge in [-0.25, -0.2) is 9.97 Å². The van der Waals surface area contributed by atoms with Gasteiger partial charge in [-0.2, -0.15) is 0 Å². The van der Waals surface area contributed by atoms with Gasteiger partial charge in [-0.1, -0.05) is 30.3 Å². The molecule has 5 rings (SSSR count). The van der Waals surface area contributed by atoms with Gasteiger partial charge in [0.1, 0.15) is 18.3 Å². The minimum atomic E-state index is -1.30. The van der Waals surface area contributed by atoms with Crippen LogP contribution in [0, 0.1) is 0 Å². The standard InChI is InChI=1S/C21H26N6O5/c28-11-14-16(29)17(30)20(32-14)27-18-15(19(31)23-12-22-18)24-21(27)26-8-6-25(7-9-26)10-13-4-2-1-3-5-13/h1-5,12,14,16-17,20,28-30H,6-11H2,(H,22,23,31). The highest BCUT2D eigenvalue weighted by atomic mass is 16.6. The quantitative estimate of drug-likeness (QED) is 0.394. The van der Waals surface area contributed by atoms with Crippen LogP contribution in [0.2, 0.25) is 0 Å². The van der Waals surface area contributed by atoms with E-state index in [4.69, 9.17) is 4.74 Å². The number of hydrogen-bond acceptors (Lipinski definition) is 9. The Kier molecular flexibility index (Phi) is 5.66. The van der Waals surface area contributed by atoms with Gasteiger partial charge in [0.25, 0.3) is 5.56 Å². The smallest absolute Gasteiger partial charge is 0.278 e. The molecule has 4 N–H and O–H groups in total. The van der Waals surface area contributed by atoms with Crippen molar-refractivity contribution in [1.29, 1.82) is 0 Å². The van der Waals surface area contributed by atoms with Crippen molar-refractivity contribution in [1.82, 2.24) is 24.4 Å². The molecule has 0 bridgehead atoms. The highest BCUT2D eigenvalue weighted by molar-refractivity contribution is 5.74. The summed E-state index contributed by atoms with van der Waals surface area (Å²) in [5, 5.41) is 30.4. The first-order chi connectivity index (χ1) is 15.6. The molecule has 11 nitrogen and oxygen atoms in total. The molecule has 2 aromatic heterocycles. The largest absolute Gasteiger partial charge is 0.394 e. The highest BCUT2D eigenvalue weighted by Gasteiger charge is 2.45. The molecule has 0 spiro atoms. The number of ether oxygens (including phenoxy) is 1. The Hall–Kier alpha value is -2.83. The fourth-order valence-electron chi connectivity index (χ4n) is 4.41. The van der Waals surface area contributed by atoms with Crippen molar-refractivity contribution in [2.24, 2.45) is 0 Å². The van der Waals surface area contributed by atoms with Crippen molar-refractivity contribution in [3.05, 3.63) is 52.6 Å². The fourth-order valence-corrected chi connectivity index (χ4v) is 4.41. The van der Waals surface area contributed by atoms with E-state index in [0.717, 1.165) is 19.6 Å². The van der Waals surface area contributed by atoms with E-state index in [0.29, 0.717) is 19.0 Å². The lowest BCUT2D eigenvalue weighted by molar-refractivity contribution is -0.0505. The Morgan fingerprint density at radius 2 is 1.84 bits per heavy atom. The van der Waals surface area contributed by atoms with E-state index < -0.39 is 36.7 Å². The molecule has 0 amide bonds. The summed E-state index contributed by atoms with van der Waals surface area (Å²) >= 11 is 0. The van der Waals surface area contributed by atoms with Crippen molar-refractivity contribution >= 4 is 17.1 Å². The van der Waals surface area contributed by atoms with Crippen LogP contribution in [0.25, 0.3) is 11.2 Å². The van der Waals surface area contributed by atoms with E-state index in [2.05, 4.69) is 32.0 Å². The zero-order chi connectivity index (χ0) is 22.2. The third kappa shape index (κ3) is 3.67. The minimum absolute atomic E-state index is 0.131. The van der Waals surface area contributed by atoms with Crippen molar-refractivity contribution in [2.45, 2.75) is 31.1 Å².